The predicted octanol–water partition coefficient (Wildman–Crippen LogP) is 5.36. The average molecular weight is 464 g/mol. The first kappa shape index (κ1) is 22.4. The van der Waals surface area contributed by atoms with E-state index in [1.807, 2.05) is 59.3 Å². The summed E-state index contributed by atoms with van der Waals surface area (Å²) in [5, 5.41) is 15.1. The number of ether oxygens (including phenoxy) is 1. The molecule has 0 bridgehead atoms. The van der Waals surface area contributed by atoms with E-state index in [0.717, 1.165) is 39.0 Å². The molecule has 3 N–H and O–H groups in total. The van der Waals surface area contributed by atoms with Crippen LogP contribution in [0.5, 0.6) is 5.75 Å². The smallest absolute Gasteiger partial charge is 0.307 e. The van der Waals surface area contributed by atoms with E-state index in [1.165, 1.54) is 0 Å². The van der Waals surface area contributed by atoms with Crippen LogP contribution < -0.4 is 10.5 Å². The van der Waals surface area contributed by atoms with E-state index in [0.29, 0.717) is 17.9 Å². The molecule has 35 heavy (non-hydrogen) atoms. The number of hydrogen-bond acceptors (Lipinski definition) is 4. The number of nitrogens with two attached hydrogens (primary N) is 1. The summed E-state index contributed by atoms with van der Waals surface area (Å²) in [4.78, 5) is 11.3. The Kier molecular flexibility index (Phi) is 6.28. The minimum Gasteiger partial charge on any atom is -0.487 e. The zero-order valence-corrected chi connectivity index (χ0v) is 19.1. The summed E-state index contributed by atoms with van der Waals surface area (Å²) in [6.07, 6.45) is -0.100. The van der Waals surface area contributed by atoms with Crippen LogP contribution in [0.2, 0.25) is 0 Å². The van der Waals surface area contributed by atoms with Gasteiger partial charge in [0.05, 0.1) is 17.6 Å². The summed E-state index contributed by atoms with van der Waals surface area (Å²) in [5.41, 5.74) is 12.4. The van der Waals surface area contributed by atoms with Gasteiger partial charge in [-0.25, -0.2) is 4.68 Å². The van der Waals surface area contributed by atoms with Crippen molar-refractivity contribution in [1.29, 1.82) is 0 Å². The zero-order chi connectivity index (χ0) is 24.2. The minimum atomic E-state index is -0.899. The van der Waals surface area contributed by atoms with Crippen molar-refractivity contribution in [2.45, 2.75) is 19.6 Å². The number of para-hydroxylation sites is 2. The van der Waals surface area contributed by atoms with Crippen LogP contribution in [0.4, 0.5) is 0 Å². The van der Waals surface area contributed by atoms with Crippen molar-refractivity contribution in [3.8, 4) is 22.6 Å². The lowest BCUT2D eigenvalue weighted by molar-refractivity contribution is -0.136. The highest BCUT2D eigenvalue weighted by Gasteiger charge is 2.15. The SMILES string of the molecule is NCc1cccc(-c2ccc3c(c2)c(COc2ccccc2CC(=O)O)nn3-c2ccccc2)c1. The third-order valence-corrected chi connectivity index (χ3v) is 5.93. The Hall–Kier alpha value is -4.42. The molecule has 0 aliphatic rings. The topological polar surface area (TPSA) is 90.4 Å². The number of carboxylic acids is 1. The van der Waals surface area contributed by atoms with E-state index in [2.05, 4.69) is 30.3 Å². The second-order valence-corrected chi connectivity index (χ2v) is 8.30. The lowest BCUT2D eigenvalue weighted by Gasteiger charge is -2.09. The number of aromatic nitrogens is 2. The van der Waals surface area contributed by atoms with E-state index in [-0.39, 0.29) is 13.0 Å². The Morgan fingerprint density at radius 1 is 0.886 bits per heavy atom. The van der Waals surface area contributed by atoms with Gasteiger partial charge in [0.2, 0.25) is 0 Å². The van der Waals surface area contributed by atoms with Crippen molar-refractivity contribution in [3.63, 3.8) is 0 Å². The number of carboxylic acid groups (broad SMARTS) is 1. The molecule has 0 unspecified atom stereocenters. The molecule has 0 saturated carbocycles. The molecule has 0 amide bonds. The highest BCUT2D eigenvalue weighted by Crippen LogP contribution is 2.30. The third-order valence-electron chi connectivity index (χ3n) is 5.93. The molecule has 0 aliphatic heterocycles. The van der Waals surface area contributed by atoms with Crippen LogP contribution in [-0.4, -0.2) is 20.9 Å². The molecule has 5 rings (SSSR count). The quantitative estimate of drug-likeness (QED) is 0.323. The number of aliphatic carboxylic acids is 1. The predicted molar refractivity (Wildman–Crippen MR) is 137 cm³/mol. The van der Waals surface area contributed by atoms with E-state index >= 15 is 0 Å². The Labute approximate surface area is 203 Å². The van der Waals surface area contributed by atoms with Gasteiger partial charge in [-0.15, -0.1) is 0 Å². The molecule has 0 radical (unpaired) electrons. The van der Waals surface area contributed by atoms with Crippen molar-refractivity contribution in [1.82, 2.24) is 9.78 Å². The van der Waals surface area contributed by atoms with Gasteiger partial charge in [0.1, 0.15) is 18.1 Å². The van der Waals surface area contributed by atoms with Gasteiger partial charge in [-0.2, -0.15) is 5.10 Å². The van der Waals surface area contributed by atoms with Crippen LogP contribution in [0.3, 0.4) is 0 Å². The molecular formula is C29H25N3O3. The largest absolute Gasteiger partial charge is 0.487 e. The highest BCUT2D eigenvalue weighted by atomic mass is 16.5. The molecule has 0 spiro atoms. The lowest BCUT2D eigenvalue weighted by Crippen LogP contribution is -2.05. The fourth-order valence-electron chi connectivity index (χ4n) is 4.21. The number of carbonyl (C=O) groups is 1. The molecule has 6 nitrogen and oxygen atoms in total. The lowest BCUT2D eigenvalue weighted by atomic mass is 10.0. The standard InChI is InChI=1S/C29H25N3O3/c30-18-20-7-6-9-21(15-20)22-13-14-27-25(16-22)26(31-32(27)24-10-2-1-3-11-24)19-35-28-12-5-4-8-23(28)17-29(33)34/h1-16H,17-19,30H2,(H,33,34). The zero-order valence-electron chi connectivity index (χ0n) is 19.1. The highest BCUT2D eigenvalue weighted by molar-refractivity contribution is 5.88. The fraction of sp³-hybridized carbons (Fsp3) is 0.103. The first-order valence-corrected chi connectivity index (χ1v) is 11.4. The second-order valence-electron chi connectivity index (χ2n) is 8.30. The van der Waals surface area contributed by atoms with Gasteiger partial charge < -0.3 is 15.6 Å². The molecule has 1 aromatic heterocycles. The Morgan fingerprint density at radius 3 is 2.46 bits per heavy atom. The summed E-state index contributed by atoms with van der Waals surface area (Å²) in [7, 11) is 0. The van der Waals surface area contributed by atoms with E-state index in [1.54, 1.807) is 12.1 Å². The van der Waals surface area contributed by atoms with Gasteiger partial charge in [0, 0.05) is 17.5 Å². The van der Waals surface area contributed by atoms with Crippen molar-refractivity contribution in [2.75, 3.05) is 0 Å². The van der Waals surface area contributed by atoms with Crippen molar-refractivity contribution in [3.05, 3.63) is 114 Å². The van der Waals surface area contributed by atoms with Crippen molar-refractivity contribution in [2.24, 2.45) is 5.73 Å². The number of fused-ring (bicyclic) bond motifs is 1. The van der Waals surface area contributed by atoms with Gasteiger partial charge in [-0.3, -0.25) is 4.79 Å². The Morgan fingerprint density at radius 2 is 1.66 bits per heavy atom. The molecule has 0 saturated heterocycles. The van der Waals surface area contributed by atoms with Crippen molar-refractivity contribution >= 4 is 16.9 Å². The van der Waals surface area contributed by atoms with Gasteiger partial charge >= 0.3 is 5.97 Å². The number of rotatable bonds is 8. The summed E-state index contributed by atoms with van der Waals surface area (Å²) >= 11 is 0. The summed E-state index contributed by atoms with van der Waals surface area (Å²) in [6.45, 7) is 0.691. The first-order valence-electron chi connectivity index (χ1n) is 11.4. The number of benzene rings is 4. The number of hydrogen-bond donors (Lipinski definition) is 2. The minimum absolute atomic E-state index is 0.100. The van der Waals surface area contributed by atoms with E-state index in [9.17, 15) is 9.90 Å². The Balaban J connectivity index is 1.57. The van der Waals surface area contributed by atoms with Gasteiger partial charge in [0.15, 0.2) is 0 Å². The summed E-state index contributed by atoms with van der Waals surface area (Å²) < 4.78 is 8.02. The van der Waals surface area contributed by atoms with Gasteiger partial charge in [0.25, 0.3) is 0 Å². The molecule has 0 aliphatic carbocycles. The molecule has 0 atom stereocenters. The van der Waals surface area contributed by atoms with Crippen molar-refractivity contribution < 1.29 is 14.6 Å². The first-order chi connectivity index (χ1) is 17.1. The monoisotopic (exact) mass is 463 g/mol. The normalized spacial score (nSPS) is 11.0. The molecule has 4 aromatic carbocycles. The third kappa shape index (κ3) is 4.78. The van der Waals surface area contributed by atoms with Gasteiger partial charge in [-0.1, -0.05) is 60.7 Å². The molecule has 174 valence electrons. The maximum atomic E-state index is 11.3. The summed E-state index contributed by atoms with van der Waals surface area (Å²) in [6, 6.07) is 31.6. The average Bonchev–Trinajstić information content (AvgIpc) is 3.26. The second kappa shape index (κ2) is 9.83. The summed E-state index contributed by atoms with van der Waals surface area (Å²) in [5.74, 6) is -0.353. The van der Waals surface area contributed by atoms with E-state index in [4.69, 9.17) is 15.6 Å². The van der Waals surface area contributed by atoms with Gasteiger partial charge in [-0.05, 0) is 53.1 Å². The molecule has 6 heteroatoms. The molecule has 5 aromatic rings. The Bertz CT molecular complexity index is 1490. The van der Waals surface area contributed by atoms with Crippen LogP contribution in [0.1, 0.15) is 16.8 Å². The van der Waals surface area contributed by atoms with Crippen LogP contribution in [0.15, 0.2) is 97.1 Å². The molecular weight excluding hydrogens is 438 g/mol. The van der Waals surface area contributed by atoms with Crippen LogP contribution in [0.25, 0.3) is 27.7 Å². The fourth-order valence-corrected chi connectivity index (χ4v) is 4.21. The maximum absolute atomic E-state index is 11.3. The van der Waals surface area contributed by atoms with Crippen LogP contribution >= 0.6 is 0 Å². The van der Waals surface area contributed by atoms with Crippen LogP contribution in [-0.2, 0) is 24.4 Å². The van der Waals surface area contributed by atoms with Crippen LogP contribution in [0, 0.1) is 0 Å². The molecule has 0 fully saturated rings. The maximum Gasteiger partial charge on any atom is 0.307 e. The molecule has 1 heterocycles. The van der Waals surface area contributed by atoms with E-state index < -0.39 is 5.97 Å². The number of nitrogens with zero attached hydrogens (tertiary/aromatic N) is 2.